The van der Waals surface area contributed by atoms with Crippen molar-refractivity contribution in [2.24, 2.45) is 0 Å². The molecule has 9 nitrogen and oxygen atoms in total. The van der Waals surface area contributed by atoms with Gasteiger partial charge in [-0.25, -0.2) is 4.79 Å². The Labute approximate surface area is 208 Å². The molecule has 184 valence electrons. The second-order valence-corrected chi connectivity index (χ2v) is 8.67. The molecule has 0 fully saturated rings. The molecule has 0 radical (unpaired) electrons. The molecule has 0 saturated heterocycles. The molecule has 2 N–H and O–H groups in total. The number of esters is 1. The van der Waals surface area contributed by atoms with Crippen molar-refractivity contribution in [1.82, 2.24) is 20.1 Å². The number of amides is 2. The van der Waals surface area contributed by atoms with E-state index in [9.17, 15) is 14.4 Å². The van der Waals surface area contributed by atoms with Crippen LogP contribution in [0.4, 0.5) is 5.69 Å². The lowest BCUT2D eigenvalue weighted by Gasteiger charge is -2.16. The molecule has 1 heterocycles. The molecular weight excluding hydrogens is 466 g/mol. The van der Waals surface area contributed by atoms with Gasteiger partial charge in [-0.05, 0) is 63.6 Å². The van der Waals surface area contributed by atoms with Gasteiger partial charge in [0.05, 0.1) is 24.0 Å². The highest BCUT2D eigenvalue weighted by molar-refractivity contribution is 7.99. The maximum absolute atomic E-state index is 12.7. The van der Waals surface area contributed by atoms with Gasteiger partial charge >= 0.3 is 5.97 Å². The summed E-state index contributed by atoms with van der Waals surface area (Å²) in [6.07, 6.45) is 0. The first-order chi connectivity index (χ1) is 16.8. The fourth-order valence-electron chi connectivity index (χ4n) is 3.42. The van der Waals surface area contributed by atoms with Crippen molar-refractivity contribution < 1.29 is 19.1 Å². The third-order valence-electron chi connectivity index (χ3n) is 5.20. The Morgan fingerprint density at radius 3 is 2.43 bits per heavy atom. The van der Waals surface area contributed by atoms with Crippen LogP contribution in [0.1, 0.15) is 58.9 Å². The van der Waals surface area contributed by atoms with E-state index in [1.807, 2.05) is 43.5 Å². The van der Waals surface area contributed by atoms with Gasteiger partial charge in [0, 0.05) is 17.8 Å². The van der Waals surface area contributed by atoms with Gasteiger partial charge in [-0.3, -0.25) is 9.59 Å². The quantitative estimate of drug-likeness (QED) is 0.323. The van der Waals surface area contributed by atoms with Crippen LogP contribution in [0, 0.1) is 6.92 Å². The lowest BCUT2D eigenvalue weighted by Crippen LogP contribution is -2.29. The van der Waals surface area contributed by atoms with Crippen LogP contribution < -0.4 is 10.6 Å². The zero-order valence-electron chi connectivity index (χ0n) is 20.2. The number of anilines is 1. The lowest BCUT2D eigenvalue weighted by atomic mass is 10.1. The monoisotopic (exact) mass is 495 g/mol. The van der Waals surface area contributed by atoms with Crippen molar-refractivity contribution in [2.45, 2.75) is 45.4 Å². The molecule has 0 aliphatic rings. The Morgan fingerprint density at radius 2 is 1.77 bits per heavy atom. The van der Waals surface area contributed by atoms with Crippen LogP contribution in [0.5, 0.6) is 0 Å². The fraction of sp³-hybridized carbons (Fsp3) is 0.320. The minimum Gasteiger partial charge on any atom is -0.462 e. The number of hydrogen-bond acceptors (Lipinski definition) is 7. The average molecular weight is 496 g/mol. The molecule has 1 aromatic heterocycles. The molecule has 0 bridgehead atoms. The lowest BCUT2D eigenvalue weighted by molar-refractivity contribution is -0.113. The Morgan fingerprint density at radius 1 is 1.06 bits per heavy atom. The van der Waals surface area contributed by atoms with Crippen LogP contribution in [-0.4, -0.2) is 44.9 Å². The standard InChI is InChI=1S/C25H29N5O4S/c1-5-30-22(17(4)26-23(32)20-10-8-7-9-16(20)3)28-29-25(30)35-15-21(31)27-19-13-11-18(12-14-19)24(33)34-6-2/h7-14,17H,5-6,15H2,1-4H3,(H,26,32)(H,27,31)/t17-/m1/s1. The predicted octanol–water partition coefficient (Wildman–Crippen LogP) is 4.00. The molecule has 3 rings (SSSR count). The number of ether oxygens (including phenoxy) is 1. The van der Waals surface area contributed by atoms with Crippen LogP contribution in [-0.2, 0) is 16.1 Å². The largest absolute Gasteiger partial charge is 0.462 e. The zero-order chi connectivity index (χ0) is 25.4. The number of aromatic nitrogens is 3. The molecule has 2 amide bonds. The Hall–Kier alpha value is -3.66. The molecule has 35 heavy (non-hydrogen) atoms. The number of carbonyl (C=O) groups is 3. The number of thioether (sulfide) groups is 1. The minimum atomic E-state index is -0.403. The highest BCUT2D eigenvalue weighted by Crippen LogP contribution is 2.22. The summed E-state index contributed by atoms with van der Waals surface area (Å²) in [5.74, 6) is -0.0514. The van der Waals surface area contributed by atoms with E-state index in [1.165, 1.54) is 11.8 Å². The SMILES string of the molecule is CCOC(=O)c1ccc(NC(=O)CSc2nnc([C@@H](C)NC(=O)c3ccccc3C)n2CC)cc1. The summed E-state index contributed by atoms with van der Waals surface area (Å²) in [6.45, 7) is 8.34. The van der Waals surface area contributed by atoms with Crippen molar-refractivity contribution in [1.29, 1.82) is 0 Å². The molecule has 2 aromatic carbocycles. The second-order valence-electron chi connectivity index (χ2n) is 7.73. The van der Waals surface area contributed by atoms with E-state index >= 15 is 0 Å². The van der Waals surface area contributed by atoms with Gasteiger partial charge in [-0.2, -0.15) is 0 Å². The van der Waals surface area contributed by atoms with Crippen molar-refractivity contribution in [2.75, 3.05) is 17.7 Å². The summed E-state index contributed by atoms with van der Waals surface area (Å²) in [5.41, 5.74) is 2.51. The Bertz CT molecular complexity index is 1190. The molecule has 0 unspecified atom stereocenters. The molecule has 3 aromatic rings. The minimum absolute atomic E-state index is 0.127. The summed E-state index contributed by atoms with van der Waals surface area (Å²) < 4.78 is 6.84. The highest BCUT2D eigenvalue weighted by Gasteiger charge is 2.21. The van der Waals surface area contributed by atoms with E-state index in [0.29, 0.717) is 40.9 Å². The molecule has 0 spiro atoms. The van der Waals surface area contributed by atoms with Gasteiger partial charge in [0.2, 0.25) is 5.91 Å². The number of benzene rings is 2. The van der Waals surface area contributed by atoms with Gasteiger partial charge in [0.1, 0.15) is 0 Å². The smallest absolute Gasteiger partial charge is 0.338 e. The average Bonchev–Trinajstić information content (AvgIpc) is 3.26. The predicted molar refractivity (Wildman–Crippen MR) is 135 cm³/mol. The summed E-state index contributed by atoms with van der Waals surface area (Å²) in [4.78, 5) is 36.9. The van der Waals surface area contributed by atoms with Gasteiger partial charge in [-0.1, -0.05) is 30.0 Å². The van der Waals surface area contributed by atoms with E-state index in [1.54, 1.807) is 37.3 Å². The van der Waals surface area contributed by atoms with Crippen LogP contribution >= 0.6 is 11.8 Å². The maximum atomic E-state index is 12.7. The topological polar surface area (TPSA) is 115 Å². The summed E-state index contributed by atoms with van der Waals surface area (Å²) in [6, 6.07) is 13.5. The Balaban J connectivity index is 1.59. The number of carbonyl (C=O) groups excluding carboxylic acids is 3. The molecule has 1 atom stereocenters. The van der Waals surface area contributed by atoms with Gasteiger partial charge in [0.15, 0.2) is 11.0 Å². The number of aryl methyl sites for hydroxylation is 1. The van der Waals surface area contributed by atoms with Crippen molar-refractivity contribution in [3.8, 4) is 0 Å². The third-order valence-corrected chi connectivity index (χ3v) is 6.17. The van der Waals surface area contributed by atoms with Crippen molar-refractivity contribution in [3.05, 3.63) is 71.0 Å². The molecular formula is C25H29N5O4S. The second kappa shape index (κ2) is 12.2. The van der Waals surface area contributed by atoms with E-state index < -0.39 is 5.97 Å². The first-order valence-electron chi connectivity index (χ1n) is 11.3. The van der Waals surface area contributed by atoms with E-state index in [2.05, 4.69) is 20.8 Å². The maximum Gasteiger partial charge on any atom is 0.338 e. The number of rotatable bonds is 10. The van der Waals surface area contributed by atoms with Crippen molar-refractivity contribution in [3.63, 3.8) is 0 Å². The number of nitrogens with one attached hydrogen (secondary N) is 2. The van der Waals surface area contributed by atoms with Crippen LogP contribution in [0.25, 0.3) is 0 Å². The van der Waals surface area contributed by atoms with E-state index in [0.717, 1.165) is 5.56 Å². The third kappa shape index (κ3) is 6.69. The van der Waals surface area contributed by atoms with Gasteiger partial charge in [0.25, 0.3) is 5.91 Å². The van der Waals surface area contributed by atoms with Crippen LogP contribution in [0.15, 0.2) is 53.7 Å². The van der Waals surface area contributed by atoms with E-state index in [4.69, 9.17) is 4.74 Å². The number of nitrogens with zero attached hydrogens (tertiary/aromatic N) is 3. The molecule has 0 saturated carbocycles. The molecule has 0 aliphatic heterocycles. The molecule has 10 heteroatoms. The number of hydrogen-bond donors (Lipinski definition) is 2. The van der Waals surface area contributed by atoms with Gasteiger partial charge < -0.3 is 19.9 Å². The van der Waals surface area contributed by atoms with Crippen molar-refractivity contribution >= 4 is 35.2 Å². The summed E-state index contributed by atoms with van der Waals surface area (Å²) >= 11 is 1.26. The fourth-order valence-corrected chi connectivity index (χ4v) is 4.23. The molecule has 0 aliphatic carbocycles. The normalized spacial score (nSPS) is 11.5. The van der Waals surface area contributed by atoms with Gasteiger partial charge in [-0.15, -0.1) is 10.2 Å². The summed E-state index contributed by atoms with van der Waals surface area (Å²) in [5, 5.41) is 14.9. The zero-order valence-corrected chi connectivity index (χ0v) is 21.0. The van der Waals surface area contributed by atoms with Crippen LogP contribution in [0.2, 0.25) is 0 Å². The van der Waals surface area contributed by atoms with E-state index in [-0.39, 0.29) is 23.6 Å². The summed E-state index contributed by atoms with van der Waals surface area (Å²) in [7, 11) is 0. The highest BCUT2D eigenvalue weighted by atomic mass is 32.2. The first kappa shape index (κ1) is 26.0. The Kier molecular flexibility index (Phi) is 9.02. The first-order valence-corrected chi connectivity index (χ1v) is 12.3. The van der Waals surface area contributed by atoms with Crippen LogP contribution in [0.3, 0.4) is 0 Å².